The van der Waals surface area contributed by atoms with Gasteiger partial charge in [-0.2, -0.15) is 0 Å². The molecule has 1 saturated heterocycles. The van der Waals surface area contributed by atoms with E-state index in [4.69, 9.17) is 4.74 Å². The first kappa shape index (κ1) is 24.5. The minimum absolute atomic E-state index is 0.132. The van der Waals surface area contributed by atoms with Gasteiger partial charge in [-0.05, 0) is 54.9 Å². The number of aliphatic imine (C=N–C) groups is 1. The van der Waals surface area contributed by atoms with Gasteiger partial charge in [-0.3, -0.25) is 0 Å². The highest BCUT2D eigenvalue weighted by Crippen LogP contribution is 2.49. The maximum atomic E-state index is 14.5. The Morgan fingerprint density at radius 1 is 0.972 bits per heavy atom. The van der Waals surface area contributed by atoms with Crippen LogP contribution >= 0.6 is 0 Å². The third kappa shape index (κ3) is 4.75. The molecule has 2 N–H and O–H groups in total. The van der Waals surface area contributed by atoms with E-state index in [1.54, 1.807) is 18.2 Å². The summed E-state index contributed by atoms with van der Waals surface area (Å²) in [6.07, 6.45) is 2.96. The number of amidine groups is 1. The molecule has 3 aromatic rings. The fourth-order valence-corrected chi connectivity index (χ4v) is 7.20. The van der Waals surface area contributed by atoms with Gasteiger partial charge in [-0.15, -0.1) is 0 Å². The van der Waals surface area contributed by atoms with Crippen molar-refractivity contribution in [1.29, 1.82) is 0 Å². The van der Waals surface area contributed by atoms with Crippen molar-refractivity contribution in [2.24, 2.45) is 4.99 Å². The Morgan fingerprint density at radius 2 is 1.61 bits per heavy atom. The minimum Gasteiger partial charge on any atom is -0.456 e. The van der Waals surface area contributed by atoms with Gasteiger partial charge in [-0.25, -0.2) is 22.5 Å². The predicted molar refractivity (Wildman–Crippen MR) is 137 cm³/mol. The van der Waals surface area contributed by atoms with Crippen LogP contribution in [0.5, 0.6) is 0 Å². The van der Waals surface area contributed by atoms with E-state index >= 15 is 0 Å². The molecule has 188 valence electrons. The molecule has 0 aromatic heterocycles. The number of halogens is 1. The van der Waals surface area contributed by atoms with E-state index < -0.39 is 32.7 Å². The highest BCUT2D eigenvalue weighted by atomic mass is 32.2. The van der Waals surface area contributed by atoms with E-state index in [0.717, 1.165) is 24.0 Å². The molecule has 6 nitrogen and oxygen atoms in total. The standard InChI is InChI=1S/C28H29FN2O4S/c29-24-11-5-4-10-23(24)25(16-19-32)30-27-31-36(33,34)26(28(35-27)17-6-7-18-28)22-14-12-21(13-15-22)20-8-2-1-3-9-20/h1-5,8-15,25-26,32H,6-7,16-19H2,(H,30,31). The Bertz CT molecular complexity index is 1340. The molecule has 0 bridgehead atoms. The highest BCUT2D eigenvalue weighted by molar-refractivity contribution is 7.90. The number of benzene rings is 3. The maximum Gasteiger partial charge on any atom is 0.299 e. The molecule has 1 saturated carbocycles. The number of sulfonamides is 1. The fourth-order valence-electron chi connectivity index (χ4n) is 5.38. The van der Waals surface area contributed by atoms with Crippen LogP contribution in [0, 0.1) is 5.82 Å². The molecule has 1 aliphatic carbocycles. The van der Waals surface area contributed by atoms with Gasteiger partial charge in [0.15, 0.2) is 0 Å². The van der Waals surface area contributed by atoms with Gasteiger partial charge in [0, 0.05) is 12.2 Å². The molecular formula is C28H29FN2O4S. The lowest BCUT2D eigenvalue weighted by Crippen LogP contribution is -2.55. The van der Waals surface area contributed by atoms with Crippen molar-refractivity contribution in [3.8, 4) is 11.1 Å². The van der Waals surface area contributed by atoms with Crippen molar-refractivity contribution in [2.75, 3.05) is 6.61 Å². The molecule has 0 amide bonds. The first-order chi connectivity index (χ1) is 17.4. The number of nitrogens with one attached hydrogen (secondary N) is 1. The molecule has 8 heteroatoms. The second-order valence-corrected chi connectivity index (χ2v) is 11.1. The number of aliphatic hydroxyl groups is 1. The monoisotopic (exact) mass is 508 g/mol. The number of rotatable bonds is 6. The number of aliphatic hydroxyl groups excluding tert-OH is 1. The molecule has 1 spiro atoms. The zero-order chi connectivity index (χ0) is 25.2. The third-order valence-electron chi connectivity index (χ3n) is 7.03. The van der Waals surface area contributed by atoms with Crippen LogP contribution < -0.4 is 4.72 Å². The number of nitrogens with zero attached hydrogens (tertiary/aromatic N) is 1. The summed E-state index contributed by atoms with van der Waals surface area (Å²) in [4.78, 5) is 4.46. The lowest BCUT2D eigenvalue weighted by molar-refractivity contribution is 0.0448. The van der Waals surface area contributed by atoms with Crippen molar-refractivity contribution < 1.29 is 22.7 Å². The largest absolute Gasteiger partial charge is 0.456 e. The normalized spacial score (nSPS) is 22.2. The van der Waals surface area contributed by atoms with Crippen LogP contribution in [0.1, 0.15) is 54.5 Å². The van der Waals surface area contributed by atoms with Crippen LogP contribution in [-0.4, -0.2) is 31.8 Å². The van der Waals surface area contributed by atoms with Gasteiger partial charge in [-0.1, -0.05) is 72.8 Å². The van der Waals surface area contributed by atoms with Crippen molar-refractivity contribution in [3.05, 3.63) is 95.8 Å². The molecule has 5 rings (SSSR count). The van der Waals surface area contributed by atoms with Crippen LogP contribution in [0.2, 0.25) is 0 Å². The van der Waals surface area contributed by atoms with Crippen molar-refractivity contribution in [2.45, 2.75) is 49.0 Å². The summed E-state index contributed by atoms with van der Waals surface area (Å²) < 4.78 is 50.6. The van der Waals surface area contributed by atoms with Crippen molar-refractivity contribution in [1.82, 2.24) is 4.72 Å². The SMILES string of the molecule is O=S1(=O)NC(=NC(CCO)c2ccccc2F)OC2(CCCC2)C1c1ccc(-c2ccccc2)cc1. The molecule has 2 aliphatic rings. The summed E-state index contributed by atoms with van der Waals surface area (Å²) in [5.74, 6) is -0.467. The van der Waals surface area contributed by atoms with Crippen LogP contribution in [0.15, 0.2) is 83.9 Å². The van der Waals surface area contributed by atoms with Gasteiger partial charge in [0.2, 0.25) is 10.0 Å². The summed E-state index contributed by atoms with van der Waals surface area (Å²) in [5, 5.41) is 8.65. The Hall–Kier alpha value is -3.23. The molecule has 2 atom stereocenters. The maximum absolute atomic E-state index is 14.5. The minimum atomic E-state index is -3.91. The molecule has 3 aromatic carbocycles. The molecule has 1 aliphatic heterocycles. The Balaban J connectivity index is 1.50. The molecular weight excluding hydrogens is 479 g/mol. The first-order valence-electron chi connectivity index (χ1n) is 12.2. The van der Waals surface area contributed by atoms with Gasteiger partial charge >= 0.3 is 0 Å². The summed E-state index contributed by atoms with van der Waals surface area (Å²) in [5.41, 5.74) is 2.03. The second kappa shape index (κ2) is 10.0. The Labute approximate surface area is 210 Å². The van der Waals surface area contributed by atoms with E-state index in [0.29, 0.717) is 18.4 Å². The summed E-state index contributed by atoms with van der Waals surface area (Å²) in [6.45, 7) is -0.232. The van der Waals surface area contributed by atoms with Gasteiger partial charge in [0.05, 0.1) is 6.04 Å². The van der Waals surface area contributed by atoms with Gasteiger partial charge in [0.25, 0.3) is 6.02 Å². The molecule has 36 heavy (non-hydrogen) atoms. The van der Waals surface area contributed by atoms with Crippen molar-refractivity contribution in [3.63, 3.8) is 0 Å². The lowest BCUT2D eigenvalue weighted by atomic mass is 9.90. The summed E-state index contributed by atoms with van der Waals surface area (Å²) in [6, 6.07) is 22.7. The van der Waals surface area contributed by atoms with Crippen LogP contribution in [0.3, 0.4) is 0 Å². The molecule has 0 radical (unpaired) electrons. The summed E-state index contributed by atoms with van der Waals surface area (Å²) >= 11 is 0. The lowest BCUT2D eigenvalue weighted by Gasteiger charge is -2.42. The van der Waals surface area contributed by atoms with Crippen LogP contribution in [0.4, 0.5) is 4.39 Å². The molecule has 1 heterocycles. The summed E-state index contributed by atoms with van der Waals surface area (Å²) in [7, 11) is -3.91. The molecule has 2 unspecified atom stereocenters. The Morgan fingerprint density at radius 3 is 2.28 bits per heavy atom. The van der Waals surface area contributed by atoms with Gasteiger partial charge in [0.1, 0.15) is 16.7 Å². The topological polar surface area (TPSA) is 88.0 Å². The van der Waals surface area contributed by atoms with Gasteiger partial charge < -0.3 is 9.84 Å². The van der Waals surface area contributed by atoms with E-state index in [9.17, 15) is 17.9 Å². The van der Waals surface area contributed by atoms with Crippen LogP contribution in [0.25, 0.3) is 11.1 Å². The fraction of sp³-hybridized carbons (Fsp3) is 0.321. The van der Waals surface area contributed by atoms with E-state index in [1.165, 1.54) is 6.07 Å². The van der Waals surface area contributed by atoms with E-state index in [1.807, 2.05) is 54.6 Å². The third-order valence-corrected chi connectivity index (χ3v) is 8.81. The average molecular weight is 509 g/mol. The van der Waals surface area contributed by atoms with Crippen LogP contribution in [-0.2, 0) is 14.8 Å². The van der Waals surface area contributed by atoms with E-state index in [2.05, 4.69) is 9.71 Å². The number of hydrogen-bond acceptors (Lipinski definition) is 5. The number of ether oxygens (including phenoxy) is 1. The Kier molecular flexibility index (Phi) is 6.81. The van der Waals surface area contributed by atoms with E-state index in [-0.39, 0.29) is 24.6 Å². The first-order valence-corrected chi connectivity index (χ1v) is 13.8. The number of hydrogen-bond donors (Lipinski definition) is 2. The smallest absolute Gasteiger partial charge is 0.299 e. The average Bonchev–Trinajstić information content (AvgIpc) is 3.32. The highest BCUT2D eigenvalue weighted by Gasteiger charge is 2.55. The zero-order valence-corrected chi connectivity index (χ0v) is 20.6. The van der Waals surface area contributed by atoms with Crippen molar-refractivity contribution >= 4 is 16.0 Å². The predicted octanol–water partition coefficient (Wildman–Crippen LogP) is 5.28. The molecule has 2 fully saturated rings. The second-order valence-electron chi connectivity index (χ2n) is 9.37. The zero-order valence-electron chi connectivity index (χ0n) is 19.8. The quantitative estimate of drug-likeness (QED) is 0.475.